The first-order valence-corrected chi connectivity index (χ1v) is 7.85. The van der Waals surface area contributed by atoms with Gasteiger partial charge in [-0.1, -0.05) is 17.7 Å². The maximum Gasteiger partial charge on any atom is 0.271 e. The van der Waals surface area contributed by atoms with Crippen molar-refractivity contribution >= 4 is 38.7 Å². The summed E-state index contributed by atoms with van der Waals surface area (Å²) in [6.07, 6.45) is 1.19. The average molecular weight is 333 g/mol. The SMILES string of the molecule is C=CCS(=O)(=O)C(C)C(=O)Nc1ccc([N+](=O)[O-])cc1Cl. The normalized spacial score (nSPS) is 12.5. The monoisotopic (exact) mass is 332 g/mol. The van der Waals surface area contributed by atoms with Crippen molar-refractivity contribution in [3.8, 4) is 0 Å². The van der Waals surface area contributed by atoms with Gasteiger partial charge in [-0.25, -0.2) is 8.42 Å². The zero-order valence-electron chi connectivity index (χ0n) is 11.1. The molecule has 1 aromatic rings. The molecule has 0 radical (unpaired) electrons. The molecule has 0 saturated heterocycles. The van der Waals surface area contributed by atoms with Gasteiger partial charge in [0, 0.05) is 12.1 Å². The first-order chi connectivity index (χ1) is 9.69. The van der Waals surface area contributed by atoms with Gasteiger partial charge >= 0.3 is 0 Å². The highest BCUT2D eigenvalue weighted by Crippen LogP contribution is 2.27. The molecule has 0 fully saturated rings. The molecule has 0 heterocycles. The number of sulfone groups is 1. The highest BCUT2D eigenvalue weighted by molar-refractivity contribution is 7.92. The number of hydrogen-bond acceptors (Lipinski definition) is 5. The van der Waals surface area contributed by atoms with Crippen molar-refractivity contribution < 1.29 is 18.1 Å². The van der Waals surface area contributed by atoms with Crippen LogP contribution in [-0.2, 0) is 14.6 Å². The summed E-state index contributed by atoms with van der Waals surface area (Å²) >= 11 is 5.81. The number of rotatable bonds is 6. The third kappa shape index (κ3) is 4.27. The Morgan fingerprint density at radius 3 is 2.67 bits per heavy atom. The lowest BCUT2D eigenvalue weighted by molar-refractivity contribution is -0.384. The van der Waals surface area contributed by atoms with Gasteiger partial charge in [-0.3, -0.25) is 14.9 Å². The zero-order chi connectivity index (χ0) is 16.2. The second kappa shape index (κ2) is 6.68. The van der Waals surface area contributed by atoms with Crippen LogP contribution in [0.25, 0.3) is 0 Å². The van der Waals surface area contributed by atoms with Crippen LogP contribution in [0.5, 0.6) is 0 Å². The number of benzene rings is 1. The Bertz CT molecular complexity index is 687. The average Bonchev–Trinajstić information content (AvgIpc) is 2.39. The topological polar surface area (TPSA) is 106 Å². The minimum atomic E-state index is -3.65. The Balaban J connectivity index is 2.94. The molecule has 1 aromatic carbocycles. The minimum Gasteiger partial charge on any atom is -0.324 e. The molecule has 1 unspecified atom stereocenters. The van der Waals surface area contributed by atoms with E-state index in [1.807, 2.05) is 0 Å². The maximum atomic E-state index is 11.9. The van der Waals surface area contributed by atoms with Crippen molar-refractivity contribution in [3.05, 3.63) is 46.0 Å². The van der Waals surface area contributed by atoms with Crippen LogP contribution < -0.4 is 5.32 Å². The molecule has 1 rings (SSSR count). The lowest BCUT2D eigenvalue weighted by Gasteiger charge is -2.13. The molecule has 0 bridgehead atoms. The number of amides is 1. The van der Waals surface area contributed by atoms with Crippen molar-refractivity contribution in [2.75, 3.05) is 11.1 Å². The van der Waals surface area contributed by atoms with E-state index in [4.69, 9.17) is 11.6 Å². The Morgan fingerprint density at radius 2 is 2.19 bits per heavy atom. The molecule has 0 saturated carbocycles. The van der Waals surface area contributed by atoms with Crippen LogP contribution >= 0.6 is 11.6 Å². The number of non-ortho nitro benzene ring substituents is 1. The van der Waals surface area contributed by atoms with Gasteiger partial charge in [0.05, 0.1) is 21.4 Å². The van der Waals surface area contributed by atoms with Crippen molar-refractivity contribution in [2.45, 2.75) is 12.2 Å². The van der Waals surface area contributed by atoms with Crippen molar-refractivity contribution in [1.29, 1.82) is 0 Å². The summed E-state index contributed by atoms with van der Waals surface area (Å²) in [7, 11) is -3.65. The molecule has 21 heavy (non-hydrogen) atoms. The minimum absolute atomic E-state index is 0.0501. The molecule has 7 nitrogen and oxygen atoms in total. The van der Waals surface area contributed by atoms with Crippen LogP contribution in [0.3, 0.4) is 0 Å². The van der Waals surface area contributed by atoms with Crippen molar-refractivity contribution in [1.82, 2.24) is 0 Å². The van der Waals surface area contributed by atoms with Gasteiger partial charge in [0.15, 0.2) is 9.84 Å². The third-order valence-corrected chi connectivity index (χ3v) is 4.98. The molecule has 0 spiro atoms. The predicted octanol–water partition coefficient (Wildman–Crippen LogP) is 2.18. The second-order valence-electron chi connectivity index (χ2n) is 4.17. The Hall–Kier alpha value is -1.93. The number of nitro benzene ring substituents is 1. The number of hydrogen-bond donors (Lipinski definition) is 1. The Kier molecular flexibility index (Phi) is 5.45. The van der Waals surface area contributed by atoms with Crippen LogP contribution in [0.4, 0.5) is 11.4 Å². The van der Waals surface area contributed by atoms with E-state index in [9.17, 15) is 23.3 Å². The van der Waals surface area contributed by atoms with Gasteiger partial charge in [0.25, 0.3) is 5.69 Å². The first kappa shape index (κ1) is 17.1. The molecular formula is C12H13ClN2O5S. The smallest absolute Gasteiger partial charge is 0.271 e. The van der Waals surface area contributed by atoms with E-state index in [0.29, 0.717) is 0 Å². The van der Waals surface area contributed by atoms with Gasteiger partial charge in [-0.05, 0) is 13.0 Å². The lowest BCUT2D eigenvalue weighted by Crippen LogP contribution is -2.33. The van der Waals surface area contributed by atoms with Crippen LogP contribution in [0.15, 0.2) is 30.9 Å². The number of nitro groups is 1. The number of carbonyl (C=O) groups is 1. The van der Waals surface area contributed by atoms with Crippen LogP contribution in [0.2, 0.25) is 5.02 Å². The van der Waals surface area contributed by atoms with Gasteiger partial charge in [0.1, 0.15) is 5.25 Å². The van der Waals surface area contributed by atoms with Gasteiger partial charge < -0.3 is 5.32 Å². The van der Waals surface area contributed by atoms with Crippen LogP contribution in [-0.4, -0.2) is 30.3 Å². The van der Waals surface area contributed by atoms with E-state index >= 15 is 0 Å². The van der Waals surface area contributed by atoms with Crippen LogP contribution in [0, 0.1) is 10.1 Å². The van der Waals surface area contributed by atoms with Crippen molar-refractivity contribution in [3.63, 3.8) is 0 Å². The quantitative estimate of drug-likeness (QED) is 0.488. The fraction of sp³-hybridized carbons (Fsp3) is 0.250. The summed E-state index contributed by atoms with van der Waals surface area (Å²) in [5.41, 5.74) is -0.127. The fourth-order valence-electron chi connectivity index (χ4n) is 1.43. The number of anilines is 1. The Labute approximate surface area is 126 Å². The van der Waals surface area contributed by atoms with E-state index in [0.717, 1.165) is 12.1 Å². The molecule has 0 aliphatic rings. The molecule has 0 aliphatic carbocycles. The molecule has 1 atom stereocenters. The van der Waals surface area contributed by atoms with E-state index in [2.05, 4.69) is 11.9 Å². The number of carbonyl (C=O) groups excluding carboxylic acids is 1. The molecule has 9 heteroatoms. The number of nitrogens with zero attached hydrogens (tertiary/aromatic N) is 1. The summed E-state index contributed by atoms with van der Waals surface area (Å²) in [5.74, 6) is -1.09. The number of halogens is 1. The summed E-state index contributed by atoms with van der Waals surface area (Å²) in [6, 6.07) is 3.47. The summed E-state index contributed by atoms with van der Waals surface area (Å²) in [6.45, 7) is 4.56. The predicted molar refractivity (Wildman–Crippen MR) is 80.2 cm³/mol. The highest BCUT2D eigenvalue weighted by Gasteiger charge is 2.27. The summed E-state index contributed by atoms with van der Waals surface area (Å²) in [4.78, 5) is 21.8. The second-order valence-corrected chi connectivity index (χ2v) is 6.94. The summed E-state index contributed by atoms with van der Waals surface area (Å²) in [5, 5.41) is 11.6. The highest BCUT2D eigenvalue weighted by atomic mass is 35.5. The van der Waals surface area contributed by atoms with E-state index in [-0.39, 0.29) is 22.2 Å². The van der Waals surface area contributed by atoms with Crippen LogP contribution in [0.1, 0.15) is 6.92 Å². The van der Waals surface area contributed by atoms with Gasteiger partial charge in [0.2, 0.25) is 5.91 Å². The number of nitrogens with one attached hydrogen (secondary N) is 1. The van der Waals surface area contributed by atoms with Gasteiger partial charge in [-0.2, -0.15) is 0 Å². The van der Waals surface area contributed by atoms with Crippen molar-refractivity contribution in [2.24, 2.45) is 0 Å². The zero-order valence-corrected chi connectivity index (χ0v) is 12.6. The third-order valence-electron chi connectivity index (χ3n) is 2.68. The van der Waals surface area contributed by atoms with Gasteiger partial charge in [-0.15, -0.1) is 6.58 Å². The maximum absolute atomic E-state index is 11.9. The summed E-state index contributed by atoms with van der Waals surface area (Å²) < 4.78 is 23.5. The Morgan fingerprint density at radius 1 is 1.57 bits per heavy atom. The first-order valence-electron chi connectivity index (χ1n) is 5.76. The largest absolute Gasteiger partial charge is 0.324 e. The molecule has 1 amide bonds. The molecule has 1 N–H and O–H groups in total. The fourth-order valence-corrected chi connectivity index (χ4v) is 2.65. The molecule has 114 valence electrons. The molecule has 0 aliphatic heterocycles. The van der Waals surface area contributed by atoms with E-state index in [1.54, 1.807) is 0 Å². The van der Waals surface area contributed by atoms with E-state index < -0.39 is 25.9 Å². The lowest BCUT2D eigenvalue weighted by atomic mass is 10.2. The standard InChI is InChI=1S/C12H13ClN2O5S/c1-3-6-21(19,20)8(2)12(16)14-11-5-4-9(15(17)18)7-10(11)13/h3-5,7-8H,1,6H2,2H3,(H,14,16). The van der Waals surface area contributed by atoms with E-state index in [1.165, 1.54) is 19.1 Å². The molecular weight excluding hydrogens is 320 g/mol. The molecule has 0 aromatic heterocycles.